The minimum absolute atomic E-state index is 0.0220. The van der Waals surface area contributed by atoms with Crippen LogP contribution in [0, 0.1) is 10.1 Å². The average molecular weight is 227 g/mol. The van der Waals surface area contributed by atoms with Crippen LogP contribution < -0.4 is 10.1 Å². The van der Waals surface area contributed by atoms with E-state index in [9.17, 15) is 14.9 Å². The van der Waals surface area contributed by atoms with Gasteiger partial charge in [-0.25, -0.2) is 9.78 Å². The van der Waals surface area contributed by atoms with E-state index in [1.54, 1.807) is 6.92 Å². The van der Waals surface area contributed by atoms with Crippen LogP contribution in [0.1, 0.15) is 6.92 Å². The van der Waals surface area contributed by atoms with Crippen LogP contribution in [0.25, 0.3) is 0 Å². The molecule has 1 aromatic heterocycles. The summed E-state index contributed by atoms with van der Waals surface area (Å²) in [5.74, 6) is -0.380. The SMILES string of the molecule is CCOc1ccnc(NC(=O)O)c1[N+](=O)[O-]. The minimum Gasteiger partial charge on any atom is -0.487 e. The Morgan fingerprint density at radius 2 is 2.44 bits per heavy atom. The summed E-state index contributed by atoms with van der Waals surface area (Å²) < 4.78 is 5.01. The Bertz CT molecular complexity index is 420. The number of hydrogen-bond donors (Lipinski definition) is 2. The molecule has 1 heterocycles. The molecule has 0 radical (unpaired) electrons. The monoisotopic (exact) mass is 227 g/mol. The van der Waals surface area contributed by atoms with Crippen LogP contribution in [0.5, 0.6) is 5.75 Å². The second-order valence-electron chi connectivity index (χ2n) is 2.63. The van der Waals surface area contributed by atoms with Crippen LogP contribution >= 0.6 is 0 Å². The highest BCUT2D eigenvalue weighted by Gasteiger charge is 2.23. The van der Waals surface area contributed by atoms with Gasteiger partial charge in [-0.15, -0.1) is 0 Å². The van der Waals surface area contributed by atoms with Crippen molar-refractivity contribution in [2.24, 2.45) is 0 Å². The third-order valence-corrected chi connectivity index (χ3v) is 1.59. The number of carboxylic acid groups (broad SMARTS) is 1. The first-order valence-electron chi connectivity index (χ1n) is 4.32. The van der Waals surface area contributed by atoms with E-state index in [0.29, 0.717) is 0 Å². The maximum Gasteiger partial charge on any atom is 0.410 e. The minimum atomic E-state index is -1.43. The highest BCUT2D eigenvalue weighted by atomic mass is 16.6. The van der Waals surface area contributed by atoms with Gasteiger partial charge in [-0.2, -0.15) is 0 Å². The van der Waals surface area contributed by atoms with Crippen LogP contribution in [-0.4, -0.2) is 27.7 Å². The summed E-state index contributed by atoms with van der Waals surface area (Å²) in [6.45, 7) is 1.89. The molecular formula is C8H9N3O5. The predicted octanol–water partition coefficient (Wildman–Crippen LogP) is 1.48. The van der Waals surface area contributed by atoms with Crippen LogP contribution in [-0.2, 0) is 0 Å². The molecule has 0 fully saturated rings. The summed E-state index contributed by atoms with van der Waals surface area (Å²) in [5.41, 5.74) is -0.494. The van der Waals surface area contributed by atoms with Crippen molar-refractivity contribution in [2.75, 3.05) is 11.9 Å². The maximum absolute atomic E-state index is 10.8. The summed E-state index contributed by atoms with van der Waals surface area (Å²) in [6, 6.07) is 1.30. The van der Waals surface area contributed by atoms with E-state index in [1.165, 1.54) is 12.3 Å². The first-order valence-corrected chi connectivity index (χ1v) is 4.32. The first kappa shape index (κ1) is 11.7. The molecule has 0 unspecified atom stereocenters. The number of nitro groups is 1. The van der Waals surface area contributed by atoms with E-state index in [2.05, 4.69) is 4.98 Å². The van der Waals surface area contributed by atoms with E-state index < -0.39 is 16.7 Å². The molecule has 0 atom stereocenters. The lowest BCUT2D eigenvalue weighted by Gasteiger charge is -2.06. The number of carbonyl (C=O) groups is 1. The zero-order valence-electron chi connectivity index (χ0n) is 8.34. The molecule has 0 aliphatic rings. The molecule has 1 amide bonds. The quantitative estimate of drug-likeness (QED) is 0.594. The van der Waals surface area contributed by atoms with Crippen molar-refractivity contribution in [1.82, 2.24) is 4.98 Å². The largest absolute Gasteiger partial charge is 0.487 e. The molecule has 1 rings (SSSR count). The molecule has 0 spiro atoms. The van der Waals surface area contributed by atoms with Crippen molar-refractivity contribution in [3.05, 3.63) is 22.4 Å². The van der Waals surface area contributed by atoms with Crippen LogP contribution in [0.3, 0.4) is 0 Å². The van der Waals surface area contributed by atoms with Crippen molar-refractivity contribution < 1.29 is 19.6 Å². The highest BCUT2D eigenvalue weighted by Crippen LogP contribution is 2.32. The number of nitrogens with one attached hydrogen (secondary N) is 1. The highest BCUT2D eigenvalue weighted by molar-refractivity contribution is 5.85. The summed E-state index contributed by atoms with van der Waals surface area (Å²) in [4.78, 5) is 24.0. The van der Waals surface area contributed by atoms with E-state index in [1.807, 2.05) is 5.32 Å². The first-order chi connectivity index (χ1) is 7.56. The van der Waals surface area contributed by atoms with Gasteiger partial charge in [-0.1, -0.05) is 0 Å². The Labute approximate surface area is 90.0 Å². The van der Waals surface area contributed by atoms with Gasteiger partial charge in [-0.3, -0.25) is 15.4 Å². The standard InChI is InChI=1S/C8H9N3O5/c1-2-16-5-3-4-9-7(10-8(12)13)6(5)11(14)15/h3-4H,2H2,1H3,(H,9,10)(H,12,13). The molecule has 0 saturated heterocycles. The molecule has 1 aromatic rings. The van der Waals surface area contributed by atoms with Crippen molar-refractivity contribution >= 4 is 17.6 Å². The van der Waals surface area contributed by atoms with E-state index in [0.717, 1.165) is 0 Å². The van der Waals surface area contributed by atoms with Crippen molar-refractivity contribution in [3.63, 3.8) is 0 Å². The third kappa shape index (κ3) is 2.56. The third-order valence-electron chi connectivity index (χ3n) is 1.59. The number of aromatic nitrogens is 1. The Morgan fingerprint density at radius 1 is 1.75 bits per heavy atom. The van der Waals surface area contributed by atoms with Gasteiger partial charge in [0.25, 0.3) is 0 Å². The second kappa shape index (κ2) is 4.91. The summed E-state index contributed by atoms with van der Waals surface area (Å²) in [5, 5.41) is 21.1. The second-order valence-corrected chi connectivity index (χ2v) is 2.63. The van der Waals surface area contributed by atoms with Gasteiger partial charge in [0.2, 0.25) is 11.6 Å². The topological polar surface area (TPSA) is 115 Å². The summed E-state index contributed by atoms with van der Waals surface area (Å²) in [7, 11) is 0. The zero-order valence-corrected chi connectivity index (χ0v) is 8.34. The summed E-state index contributed by atoms with van der Waals surface area (Å²) >= 11 is 0. The molecular weight excluding hydrogens is 218 g/mol. The summed E-state index contributed by atoms with van der Waals surface area (Å²) in [6.07, 6.45) is -0.201. The predicted molar refractivity (Wildman–Crippen MR) is 53.7 cm³/mol. The average Bonchev–Trinajstić information content (AvgIpc) is 2.16. The van der Waals surface area contributed by atoms with Gasteiger partial charge < -0.3 is 9.84 Å². The molecule has 0 bridgehead atoms. The Morgan fingerprint density at radius 3 is 2.94 bits per heavy atom. The van der Waals surface area contributed by atoms with Gasteiger partial charge in [0.05, 0.1) is 11.5 Å². The molecule has 86 valence electrons. The number of amides is 1. The van der Waals surface area contributed by atoms with Gasteiger partial charge in [0.15, 0.2) is 0 Å². The fourth-order valence-corrected chi connectivity index (χ4v) is 1.08. The van der Waals surface area contributed by atoms with E-state index in [4.69, 9.17) is 9.84 Å². The van der Waals surface area contributed by atoms with Crippen LogP contribution in [0.2, 0.25) is 0 Å². The smallest absolute Gasteiger partial charge is 0.410 e. The molecule has 2 N–H and O–H groups in total. The number of rotatable bonds is 4. The number of nitrogens with zero attached hydrogens (tertiary/aromatic N) is 2. The Kier molecular flexibility index (Phi) is 3.59. The van der Waals surface area contributed by atoms with Gasteiger partial charge in [0.1, 0.15) is 0 Å². The lowest BCUT2D eigenvalue weighted by atomic mass is 10.3. The Hall–Kier alpha value is -2.38. The van der Waals surface area contributed by atoms with Gasteiger partial charge in [-0.05, 0) is 6.92 Å². The molecule has 0 aliphatic carbocycles. The molecule has 0 saturated carbocycles. The normalized spacial score (nSPS) is 9.56. The van der Waals surface area contributed by atoms with Gasteiger partial charge >= 0.3 is 11.8 Å². The molecule has 8 heteroatoms. The number of anilines is 1. The fraction of sp³-hybridized carbons (Fsp3) is 0.250. The molecule has 0 aliphatic heterocycles. The molecule has 0 aromatic carbocycles. The van der Waals surface area contributed by atoms with Gasteiger partial charge in [0, 0.05) is 12.3 Å². The molecule has 8 nitrogen and oxygen atoms in total. The van der Waals surface area contributed by atoms with E-state index >= 15 is 0 Å². The van der Waals surface area contributed by atoms with Crippen LogP contribution in [0.15, 0.2) is 12.3 Å². The Balaban J connectivity index is 3.21. The van der Waals surface area contributed by atoms with E-state index in [-0.39, 0.29) is 18.2 Å². The number of ether oxygens (including phenoxy) is 1. The van der Waals surface area contributed by atoms with Crippen molar-refractivity contribution in [2.45, 2.75) is 6.92 Å². The lowest BCUT2D eigenvalue weighted by Crippen LogP contribution is -2.11. The molecule has 16 heavy (non-hydrogen) atoms. The number of hydrogen-bond acceptors (Lipinski definition) is 5. The lowest BCUT2D eigenvalue weighted by molar-refractivity contribution is -0.385. The fourth-order valence-electron chi connectivity index (χ4n) is 1.08. The van der Waals surface area contributed by atoms with Crippen molar-refractivity contribution in [1.29, 1.82) is 0 Å². The van der Waals surface area contributed by atoms with Crippen LogP contribution in [0.4, 0.5) is 16.3 Å². The van der Waals surface area contributed by atoms with Crippen molar-refractivity contribution in [3.8, 4) is 5.75 Å². The zero-order chi connectivity index (χ0) is 12.1. The maximum atomic E-state index is 10.8. The number of pyridine rings is 1.